The van der Waals surface area contributed by atoms with Gasteiger partial charge in [-0.1, -0.05) is 11.6 Å². The van der Waals surface area contributed by atoms with E-state index in [1.54, 1.807) is 4.90 Å². The zero-order valence-corrected chi connectivity index (χ0v) is 12.3. The van der Waals surface area contributed by atoms with E-state index >= 15 is 0 Å². The molecule has 0 spiro atoms. The zero-order valence-electron chi connectivity index (χ0n) is 11.5. The Morgan fingerprint density at radius 3 is 2.59 bits per heavy atom. The molecule has 1 aromatic rings. The Bertz CT molecular complexity index is 662. The number of imide groups is 1. The van der Waals surface area contributed by atoms with E-state index in [0.717, 1.165) is 6.07 Å². The predicted octanol–water partition coefficient (Wildman–Crippen LogP) is 1.29. The molecular formula is C14H14ClF2N3O2. The summed E-state index contributed by atoms with van der Waals surface area (Å²) in [6.07, 6.45) is 0.0956. The molecule has 3 rings (SSSR count). The Balaban J connectivity index is 1.97. The summed E-state index contributed by atoms with van der Waals surface area (Å²) in [5.74, 6) is -4.00. The number of piperidine rings is 1. The molecule has 0 radical (unpaired) electrons. The van der Waals surface area contributed by atoms with Gasteiger partial charge in [0.2, 0.25) is 11.8 Å². The number of benzene rings is 1. The zero-order chi connectivity index (χ0) is 16.0. The van der Waals surface area contributed by atoms with Crippen molar-refractivity contribution in [2.24, 2.45) is 5.73 Å². The Labute approximate surface area is 130 Å². The molecule has 2 aliphatic rings. The van der Waals surface area contributed by atoms with E-state index in [2.05, 4.69) is 5.32 Å². The first-order valence-corrected chi connectivity index (χ1v) is 7.28. The highest BCUT2D eigenvalue weighted by atomic mass is 35.5. The Morgan fingerprint density at radius 2 is 2.00 bits per heavy atom. The third-order valence-corrected chi connectivity index (χ3v) is 4.37. The number of anilines is 1. The highest BCUT2D eigenvalue weighted by Gasteiger charge is 2.35. The van der Waals surface area contributed by atoms with Crippen LogP contribution in [0.4, 0.5) is 14.5 Å². The molecule has 0 saturated carbocycles. The van der Waals surface area contributed by atoms with Gasteiger partial charge in [-0.15, -0.1) is 0 Å². The van der Waals surface area contributed by atoms with Gasteiger partial charge in [-0.05, 0) is 12.5 Å². The summed E-state index contributed by atoms with van der Waals surface area (Å²) in [6, 6.07) is 1.08. The third kappa shape index (κ3) is 2.44. The maximum atomic E-state index is 14.5. The third-order valence-electron chi connectivity index (χ3n) is 4.01. The van der Waals surface area contributed by atoms with Crippen molar-refractivity contribution in [3.05, 3.63) is 28.3 Å². The molecule has 0 bridgehead atoms. The standard InChI is InChI=1S/C14H14ClF2N3O2/c15-12-9(20-4-6(18)5-20)3-8(16)11(13(12)17)7-1-2-10(21)19-14(7)22/h3,6-7H,1-2,4-5,18H2,(H,19,21,22). The average Bonchev–Trinajstić information content (AvgIpc) is 2.42. The molecule has 1 aromatic carbocycles. The molecule has 3 N–H and O–H groups in total. The number of rotatable bonds is 2. The van der Waals surface area contributed by atoms with Crippen LogP contribution in [0, 0.1) is 11.6 Å². The second kappa shape index (κ2) is 5.48. The molecule has 22 heavy (non-hydrogen) atoms. The van der Waals surface area contributed by atoms with Gasteiger partial charge in [-0.3, -0.25) is 14.9 Å². The molecule has 0 aliphatic carbocycles. The van der Waals surface area contributed by atoms with Crippen molar-refractivity contribution in [1.82, 2.24) is 5.32 Å². The van der Waals surface area contributed by atoms with Crippen LogP contribution in [0.25, 0.3) is 0 Å². The molecule has 2 saturated heterocycles. The van der Waals surface area contributed by atoms with Crippen LogP contribution in [-0.4, -0.2) is 30.9 Å². The summed E-state index contributed by atoms with van der Waals surface area (Å²) in [4.78, 5) is 24.6. The molecule has 2 fully saturated rings. The minimum Gasteiger partial charge on any atom is -0.367 e. The minimum absolute atomic E-state index is 0.0373. The minimum atomic E-state index is -1.05. The van der Waals surface area contributed by atoms with E-state index in [1.807, 2.05) is 0 Å². The Kier molecular flexibility index (Phi) is 3.78. The number of carbonyl (C=O) groups excluding carboxylic acids is 2. The normalized spacial score (nSPS) is 22.5. The summed E-state index contributed by atoms with van der Waals surface area (Å²) in [5.41, 5.74) is 5.50. The number of nitrogens with two attached hydrogens (primary N) is 1. The lowest BCUT2D eigenvalue weighted by atomic mass is 9.89. The molecule has 5 nitrogen and oxygen atoms in total. The fourth-order valence-electron chi connectivity index (χ4n) is 2.82. The van der Waals surface area contributed by atoms with Crippen LogP contribution in [-0.2, 0) is 9.59 Å². The summed E-state index contributed by atoms with van der Waals surface area (Å²) in [7, 11) is 0. The van der Waals surface area contributed by atoms with Crippen LogP contribution >= 0.6 is 11.6 Å². The van der Waals surface area contributed by atoms with Crippen molar-refractivity contribution in [1.29, 1.82) is 0 Å². The molecule has 118 valence electrons. The number of amides is 2. The van der Waals surface area contributed by atoms with Gasteiger partial charge in [0.05, 0.1) is 11.6 Å². The van der Waals surface area contributed by atoms with Crippen molar-refractivity contribution in [2.75, 3.05) is 18.0 Å². The number of nitrogens with one attached hydrogen (secondary N) is 1. The van der Waals surface area contributed by atoms with Crippen LogP contribution in [0.2, 0.25) is 5.02 Å². The van der Waals surface area contributed by atoms with Gasteiger partial charge in [-0.25, -0.2) is 8.78 Å². The van der Waals surface area contributed by atoms with Gasteiger partial charge < -0.3 is 10.6 Å². The van der Waals surface area contributed by atoms with Gasteiger partial charge in [0.15, 0.2) is 5.82 Å². The maximum absolute atomic E-state index is 14.5. The lowest BCUT2D eigenvalue weighted by Gasteiger charge is -2.39. The number of nitrogens with zero attached hydrogens (tertiary/aromatic N) is 1. The fourth-order valence-corrected chi connectivity index (χ4v) is 3.10. The van der Waals surface area contributed by atoms with Crippen LogP contribution < -0.4 is 16.0 Å². The summed E-state index contributed by atoms with van der Waals surface area (Å²) >= 11 is 6.00. The first-order chi connectivity index (χ1) is 10.4. The SMILES string of the molecule is NC1CN(c2cc(F)c(C3CCC(=O)NC3=O)c(F)c2Cl)C1. The van der Waals surface area contributed by atoms with Gasteiger partial charge in [-0.2, -0.15) is 0 Å². The number of halogens is 3. The van der Waals surface area contributed by atoms with Crippen molar-refractivity contribution in [2.45, 2.75) is 24.8 Å². The quantitative estimate of drug-likeness (QED) is 0.633. The summed E-state index contributed by atoms with van der Waals surface area (Å²) in [6.45, 7) is 0.937. The smallest absolute Gasteiger partial charge is 0.234 e. The second-order valence-corrected chi connectivity index (χ2v) is 5.97. The van der Waals surface area contributed by atoms with Crippen LogP contribution in [0.1, 0.15) is 24.3 Å². The van der Waals surface area contributed by atoms with Crippen molar-refractivity contribution in [3.63, 3.8) is 0 Å². The highest BCUT2D eigenvalue weighted by molar-refractivity contribution is 6.33. The number of hydrogen-bond donors (Lipinski definition) is 2. The Hall–Kier alpha value is -1.73. The number of hydrogen-bond acceptors (Lipinski definition) is 4. The predicted molar refractivity (Wildman–Crippen MR) is 76.7 cm³/mol. The molecule has 1 atom stereocenters. The largest absolute Gasteiger partial charge is 0.367 e. The summed E-state index contributed by atoms with van der Waals surface area (Å²) in [5, 5.41) is 1.86. The van der Waals surface area contributed by atoms with Crippen molar-refractivity contribution >= 4 is 29.1 Å². The van der Waals surface area contributed by atoms with Gasteiger partial charge in [0.25, 0.3) is 0 Å². The van der Waals surface area contributed by atoms with Crippen LogP contribution in [0.3, 0.4) is 0 Å². The van der Waals surface area contributed by atoms with Gasteiger partial charge in [0, 0.05) is 31.1 Å². The van der Waals surface area contributed by atoms with E-state index in [1.165, 1.54) is 0 Å². The van der Waals surface area contributed by atoms with E-state index in [9.17, 15) is 18.4 Å². The average molecular weight is 330 g/mol. The summed E-state index contributed by atoms with van der Waals surface area (Å²) < 4.78 is 28.8. The van der Waals surface area contributed by atoms with E-state index in [-0.39, 0.29) is 35.2 Å². The monoisotopic (exact) mass is 329 g/mol. The van der Waals surface area contributed by atoms with Crippen LogP contribution in [0.5, 0.6) is 0 Å². The second-order valence-electron chi connectivity index (χ2n) is 5.59. The Morgan fingerprint density at radius 1 is 1.32 bits per heavy atom. The molecular weight excluding hydrogens is 316 g/mol. The lowest BCUT2D eigenvalue weighted by Crippen LogP contribution is -2.56. The molecule has 1 unspecified atom stereocenters. The topological polar surface area (TPSA) is 75.4 Å². The highest BCUT2D eigenvalue weighted by Crippen LogP contribution is 2.39. The van der Waals surface area contributed by atoms with E-state index < -0.39 is 29.4 Å². The van der Waals surface area contributed by atoms with Gasteiger partial charge >= 0.3 is 0 Å². The molecule has 8 heteroatoms. The maximum Gasteiger partial charge on any atom is 0.234 e. The van der Waals surface area contributed by atoms with E-state index in [4.69, 9.17) is 17.3 Å². The molecule has 2 heterocycles. The van der Waals surface area contributed by atoms with E-state index in [0.29, 0.717) is 13.1 Å². The lowest BCUT2D eigenvalue weighted by molar-refractivity contribution is -0.134. The fraction of sp³-hybridized carbons (Fsp3) is 0.429. The van der Waals surface area contributed by atoms with Crippen LogP contribution in [0.15, 0.2) is 6.07 Å². The number of carbonyl (C=O) groups is 2. The van der Waals surface area contributed by atoms with Crippen molar-refractivity contribution < 1.29 is 18.4 Å². The molecule has 0 aromatic heterocycles. The molecule has 2 aliphatic heterocycles. The first-order valence-electron chi connectivity index (χ1n) is 6.90. The molecule has 2 amide bonds. The van der Waals surface area contributed by atoms with Crippen molar-refractivity contribution in [3.8, 4) is 0 Å². The first kappa shape index (κ1) is 15.2. The van der Waals surface area contributed by atoms with Gasteiger partial charge in [0.1, 0.15) is 10.8 Å².